The lowest BCUT2D eigenvalue weighted by Crippen LogP contribution is -2.55. The van der Waals surface area contributed by atoms with E-state index >= 15 is 0 Å². The van der Waals surface area contributed by atoms with Crippen molar-refractivity contribution in [3.63, 3.8) is 0 Å². The maximum absolute atomic E-state index is 11.6. The summed E-state index contributed by atoms with van der Waals surface area (Å²) in [6, 6.07) is 0. The molecule has 1 spiro atoms. The van der Waals surface area contributed by atoms with Crippen molar-refractivity contribution in [2.75, 3.05) is 6.61 Å². The summed E-state index contributed by atoms with van der Waals surface area (Å²) in [4.78, 5) is 33.9. The molecular formula is C16H22O6. The lowest BCUT2D eigenvalue weighted by molar-refractivity contribution is -0.141. The highest BCUT2D eigenvalue weighted by atomic mass is 16.8. The summed E-state index contributed by atoms with van der Waals surface area (Å²) in [5.41, 5.74) is 0.657. The molecule has 2 aliphatic rings. The summed E-state index contributed by atoms with van der Waals surface area (Å²) in [5, 5.41) is 0. The fraction of sp³-hybridized carbons (Fsp3) is 0.688. The maximum atomic E-state index is 11.6. The molecule has 0 amide bonds. The molecule has 1 unspecified atom stereocenters. The monoisotopic (exact) mass is 310 g/mol. The van der Waals surface area contributed by atoms with E-state index < -0.39 is 23.3 Å². The van der Waals surface area contributed by atoms with Crippen LogP contribution in [-0.4, -0.2) is 36.7 Å². The van der Waals surface area contributed by atoms with Crippen LogP contribution in [0.3, 0.4) is 0 Å². The predicted molar refractivity (Wildman–Crippen MR) is 77.1 cm³/mol. The highest BCUT2D eigenvalue weighted by Crippen LogP contribution is 2.54. The molecular weight excluding hydrogens is 288 g/mol. The number of rotatable bonds is 4. The Balaban J connectivity index is 2.32. The van der Waals surface area contributed by atoms with Crippen LogP contribution in [0.25, 0.3) is 0 Å². The van der Waals surface area contributed by atoms with E-state index in [1.807, 2.05) is 20.8 Å². The van der Waals surface area contributed by atoms with Crippen LogP contribution in [0.1, 0.15) is 47.0 Å². The molecule has 1 aliphatic heterocycles. The van der Waals surface area contributed by atoms with Gasteiger partial charge in [-0.25, -0.2) is 4.79 Å². The number of allylic oxidation sites excluding steroid dienone is 1. The summed E-state index contributed by atoms with van der Waals surface area (Å²) >= 11 is 0. The van der Waals surface area contributed by atoms with Crippen LogP contribution in [-0.2, 0) is 23.8 Å². The van der Waals surface area contributed by atoms with E-state index in [4.69, 9.17) is 14.2 Å². The zero-order valence-corrected chi connectivity index (χ0v) is 13.4. The summed E-state index contributed by atoms with van der Waals surface area (Å²) in [5.74, 6) is -0.331. The first-order chi connectivity index (χ1) is 10.2. The zero-order chi connectivity index (χ0) is 16.5. The molecule has 0 aromatic rings. The molecule has 0 radical (unpaired) electrons. The lowest BCUT2D eigenvalue weighted by atomic mass is 9.60. The second-order valence-electron chi connectivity index (χ2n) is 6.39. The number of carbonyl (C=O) groups excluding carboxylic acids is 3. The van der Waals surface area contributed by atoms with Crippen molar-refractivity contribution < 1.29 is 28.6 Å². The molecule has 0 bridgehead atoms. The number of ether oxygens (including phenoxy) is 3. The van der Waals surface area contributed by atoms with Gasteiger partial charge in [0.1, 0.15) is 0 Å². The third-order valence-electron chi connectivity index (χ3n) is 4.93. The number of hydrogen-bond donors (Lipinski definition) is 0. The molecule has 1 heterocycles. The Morgan fingerprint density at radius 3 is 2.73 bits per heavy atom. The summed E-state index contributed by atoms with van der Waals surface area (Å²) < 4.78 is 15.5. The molecule has 2 atom stereocenters. The van der Waals surface area contributed by atoms with Crippen LogP contribution in [0, 0.1) is 5.41 Å². The van der Waals surface area contributed by atoms with Crippen molar-refractivity contribution >= 4 is 18.4 Å². The van der Waals surface area contributed by atoms with Crippen molar-refractivity contribution in [1.29, 1.82) is 0 Å². The normalized spacial score (nSPS) is 30.0. The molecule has 6 nitrogen and oxygen atoms in total. The van der Waals surface area contributed by atoms with Gasteiger partial charge in [0, 0.05) is 18.8 Å². The third-order valence-corrected chi connectivity index (χ3v) is 4.93. The molecule has 1 fully saturated rings. The van der Waals surface area contributed by atoms with E-state index in [9.17, 15) is 14.4 Å². The number of carbonyl (C=O) groups is 3. The lowest BCUT2D eigenvalue weighted by Gasteiger charge is -2.48. The van der Waals surface area contributed by atoms with E-state index in [-0.39, 0.29) is 12.6 Å². The van der Waals surface area contributed by atoms with Gasteiger partial charge in [-0.1, -0.05) is 25.0 Å². The number of cyclic esters (lactones) is 1. The van der Waals surface area contributed by atoms with Crippen molar-refractivity contribution in [2.24, 2.45) is 5.41 Å². The van der Waals surface area contributed by atoms with Gasteiger partial charge in [0.15, 0.2) is 11.9 Å². The molecule has 6 heteroatoms. The predicted octanol–water partition coefficient (Wildman–Crippen LogP) is 2.55. The second-order valence-corrected chi connectivity index (χ2v) is 6.39. The molecule has 1 aliphatic carbocycles. The van der Waals surface area contributed by atoms with Crippen LogP contribution in [0.15, 0.2) is 11.1 Å². The van der Waals surface area contributed by atoms with Crippen molar-refractivity contribution in [1.82, 2.24) is 0 Å². The molecule has 0 aromatic heterocycles. The summed E-state index contributed by atoms with van der Waals surface area (Å²) in [6.07, 6.45) is 0.717. The molecule has 0 N–H and O–H groups in total. The van der Waals surface area contributed by atoms with Crippen LogP contribution < -0.4 is 0 Å². The smallest absolute Gasteiger partial charge is 0.466 e. The standard InChI is InChI=1S/C16H22O6/c1-10-5-7-16(13(9-17)21-14(19)22-16)15(3,4)12(10)6-8-20-11(2)18/h9,13H,5-8H2,1-4H3/t13-,16?/m0/s1. The Labute approximate surface area is 129 Å². The van der Waals surface area contributed by atoms with Gasteiger partial charge in [-0.3, -0.25) is 9.59 Å². The van der Waals surface area contributed by atoms with Crippen molar-refractivity contribution in [3.05, 3.63) is 11.1 Å². The quantitative estimate of drug-likeness (QED) is 0.451. The van der Waals surface area contributed by atoms with Gasteiger partial charge in [-0.2, -0.15) is 0 Å². The van der Waals surface area contributed by atoms with E-state index in [2.05, 4.69) is 0 Å². The molecule has 1 saturated heterocycles. The van der Waals surface area contributed by atoms with Gasteiger partial charge in [0.25, 0.3) is 0 Å². The van der Waals surface area contributed by atoms with Crippen LogP contribution in [0.4, 0.5) is 4.79 Å². The topological polar surface area (TPSA) is 78.9 Å². The van der Waals surface area contributed by atoms with Gasteiger partial charge in [-0.05, 0) is 19.8 Å². The molecule has 2 rings (SSSR count). The van der Waals surface area contributed by atoms with Crippen LogP contribution >= 0.6 is 0 Å². The Morgan fingerprint density at radius 1 is 1.45 bits per heavy atom. The highest BCUT2D eigenvalue weighted by molar-refractivity contribution is 5.73. The maximum Gasteiger partial charge on any atom is 0.509 e. The highest BCUT2D eigenvalue weighted by Gasteiger charge is 2.62. The molecule has 0 saturated carbocycles. The third kappa shape index (κ3) is 2.51. The number of esters is 1. The largest absolute Gasteiger partial charge is 0.509 e. The summed E-state index contributed by atoms with van der Waals surface area (Å²) in [7, 11) is 0. The van der Waals surface area contributed by atoms with Crippen molar-refractivity contribution in [2.45, 2.75) is 58.7 Å². The minimum absolute atomic E-state index is 0.266. The van der Waals surface area contributed by atoms with E-state index in [0.29, 0.717) is 25.5 Å². The summed E-state index contributed by atoms with van der Waals surface area (Å²) in [6.45, 7) is 7.53. The first-order valence-corrected chi connectivity index (χ1v) is 7.42. The first-order valence-electron chi connectivity index (χ1n) is 7.42. The number of hydrogen-bond acceptors (Lipinski definition) is 6. The van der Waals surface area contributed by atoms with Gasteiger partial charge in [0.2, 0.25) is 6.10 Å². The SMILES string of the molecule is CC(=O)OCCC1=C(C)CCC2(OC(=O)O[C@H]2C=O)C1(C)C. The van der Waals surface area contributed by atoms with Gasteiger partial charge in [-0.15, -0.1) is 0 Å². The fourth-order valence-corrected chi connectivity index (χ4v) is 3.69. The van der Waals surface area contributed by atoms with Gasteiger partial charge >= 0.3 is 12.1 Å². The second kappa shape index (κ2) is 5.74. The average Bonchev–Trinajstić information content (AvgIpc) is 2.76. The minimum Gasteiger partial charge on any atom is -0.466 e. The van der Waals surface area contributed by atoms with Gasteiger partial charge in [0.05, 0.1) is 6.61 Å². The molecule has 122 valence electrons. The Morgan fingerprint density at radius 2 is 2.14 bits per heavy atom. The van der Waals surface area contributed by atoms with Gasteiger partial charge < -0.3 is 14.2 Å². The van der Waals surface area contributed by atoms with Crippen LogP contribution in [0.5, 0.6) is 0 Å². The minimum atomic E-state index is -0.989. The van der Waals surface area contributed by atoms with Crippen molar-refractivity contribution in [3.8, 4) is 0 Å². The number of aldehydes is 1. The molecule has 0 aromatic carbocycles. The van der Waals surface area contributed by atoms with E-state index in [1.165, 1.54) is 12.5 Å². The van der Waals surface area contributed by atoms with Crippen LogP contribution in [0.2, 0.25) is 0 Å². The molecule has 22 heavy (non-hydrogen) atoms. The Hall–Kier alpha value is -1.85. The zero-order valence-electron chi connectivity index (χ0n) is 13.4. The van der Waals surface area contributed by atoms with E-state index in [0.717, 1.165) is 5.57 Å². The first kappa shape index (κ1) is 16.5. The average molecular weight is 310 g/mol. The fourth-order valence-electron chi connectivity index (χ4n) is 3.69. The van der Waals surface area contributed by atoms with E-state index in [1.54, 1.807) is 0 Å². The Bertz CT molecular complexity index is 533. The Kier molecular flexibility index (Phi) is 4.31.